The summed E-state index contributed by atoms with van der Waals surface area (Å²) < 4.78 is 16.6. The number of methoxy groups -OCH3 is 1. The highest BCUT2D eigenvalue weighted by Crippen LogP contribution is 2.30. The first-order valence-corrected chi connectivity index (χ1v) is 12.0. The van der Waals surface area contributed by atoms with Gasteiger partial charge in [0.05, 0.1) is 24.4 Å². The van der Waals surface area contributed by atoms with Crippen LogP contribution in [0.15, 0.2) is 59.1 Å². The summed E-state index contributed by atoms with van der Waals surface area (Å²) in [5.74, 6) is 1.75. The van der Waals surface area contributed by atoms with Gasteiger partial charge in [0.1, 0.15) is 12.4 Å². The minimum atomic E-state index is -0.292. The second kappa shape index (κ2) is 11.6. The summed E-state index contributed by atoms with van der Waals surface area (Å²) >= 11 is 0. The summed E-state index contributed by atoms with van der Waals surface area (Å²) in [6, 6.07) is 14.9. The molecule has 188 valence electrons. The molecule has 1 N–H and O–H groups in total. The topological polar surface area (TPSA) is 93.9 Å². The van der Waals surface area contributed by atoms with Crippen LogP contribution in [0, 0.1) is 13.8 Å². The van der Waals surface area contributed by atoms with Crippen molar-refractivity contribution < 1.29 is 23.6 Å². The number of carbonyl (C=O) groups excluding carboxylic acids is 2. The first-order valence-electron chi connectivity index (χ1n) is 12.0. The Morgan fingerprint density at radius 3 is 2.67 bits per heavy atom. The lowest BCUT2D eigenvalue weighted by molar-refractivity contribution is -0.128. The molecular weight excluding hydrogens is 458 g/mol. The van der Waals surface area contributed by atoms with Gasteiger partial charge in [-0.05, 0) is 49.6 Å². The van der Waals surface area contributed by atoms with Gasteiger partial charge in [0.2, 0.25) is 11.8 Å². The fourth-order valence-electron chi connectivity index (χ4n) is 4.19. The zero-order chi connectivity index (χ0) is 25.5. The first-order chi connectivity index (χ1) is 17.4. The highest BCUT2D eigenvalue weighted by molar-refractivity contribution is 5.92. The summed E-state index contributed by atoms with van der Waals surface area (Å²) in [6.07, 6.45) is 4.63. The maximum atomic E-state index is 12.8. The third kappa shape index (κ3) is 6.13. The molecule has 1 aliphatic heterocycles. The number of amides is 2. The fraction of sp³-hybridized carbons (Fsp3) is 0.321. The molecule has 0 aliphatic carbocycles. The molecule has 1 unspecified atom stereocenters. The zero-order valence-electron chi connectivity index (χ0n) is 20.8. The summed E-state index contributed by atoms with van der Waals surface area (Å²) in [7, 11) is 1.57. The Morgan fingerprint density at radius 1 is 1.19 bits per heavy atom. The van der Waals surface area contributed by atoms with Crippen molar-refractivity contribution in [2.24, 2.45) is 0 Å². The maximum Gasteiger partial charge on any atom is 0.244 e. The summed E-state index contributed by atoms with van der Waals surface area (Å²) in [5.41, 5.74) is 3.44. The van der Waals surface area contributed by atoms with Crippen molar-refractivity contribution in [1.82, 2.24) is 15.4 Å². The molecular formula is C28H31N3O5. The van der Waals surface area contributed by atoms with Gasteiger partial charge in [-0.25, -0.2) is 0 Å². The predicted octanol–water partition coefficient (Wildman–Crippen LogP) is 4.37. The number of ether oxygens (including phenoxy) is 2. The van der Waals surface area contributed by atoms with Gasteiger partial charge >= 0.3 is 0 Å². The normalized spacial score (nSPS) is 14.3. The Hall–Kier alpha value is -4.07. The molecule has 0 radical (unpaired) electrons. The Labute approximate surface area is 210 Å². The van der Waals surface area contributed by atoms with E-state index in [0.717, 1.165) is 41.1 Å². The number of carbonyl (C=O) groups is 2. The van der Waals surface area contributed by atoms with Crippen molar-refractivity contribution in [3.8, 4) is 11.5 Å². The molecule has 2 aromatic carbocycles. The molecule has 36 heavy (non-hydrogen) atoms. The lowest BCUT2D eigenvalue weighted by atomic mass is 10.1. The average molecular weight is 490 g/mol. The van der Waals surface area contributed by atoms with E-state index >= 15 is 0 Å². The van der Waals surface area contributed by atoms with E-state index < -0.39 is 0 Å². The molecule has 0 saturated carbocycles. The minimum Gasteiger partial charge on any atom is -0.493 e. The van der Waals surface area contributed by atoms with Crippen LogP contribution in [0.25, 0.3) is 6.08 Å². The lowest BCUT2D eigenvalue weighted by Gasteiger charge is -2.24. The zero-order valence-corrected chi connectivity index (χ0v) is 20.8. The van der Waals surface area contributed by atoms with Crippen molar-refractivity contribution >= 4 is 17.9 Å². The van der Waals surface area contributed by atoms with Crippen LogP contribution in [-0.4, -0.2) is 42.1 Å². The maximum absolute atomic E-state index is 12.8. The van der Waals surface area contributed by atoms with Crippen LogP contribution in [0.4, 0.5) is 0 Å². The molecule has 1 atom stereocenters. The van der Waals surface area contributed by atoms with Crippen molar-refractivity contribution in [2.75, 3.05) is 20.2 Å². The van der Waals surface area contributed by atoms with Gasteiger partial charge in [0, 0.05) is 25.6 Å². The fourth-order valence-corrected chi connectivity index (χ4v) is 4.19. The van der Waals surface area contributed by atoms with Crippen LogP contribution in [0.1, 0.15) is 47.0 Å². The third-order valence-electron chi connectivity index (χ3n) is 6.26. The Balaban J connectivity index is 1.42. The molecule has 3 aromatic rings. The predicted molar refractivity (Wildman–Crippen MR) is 135 cm³/mol. The number of nitrogens with one attached hydrogen (secondary N) is 1. The largest absolute Gasteiger partial charge is 0.493 e. The van der Waals surface area contributed by atoms with Gasteiger partial charge in [-0.1, -0.05) is 41.6 Å². The summed E-state index contributed by atoms with van der Waals surface area (Å²) in [4.78, 5) is 26.8. The van der Waals surface area contributed by atoms with E-state index in [4.69, 9.17) is 14.0 Å². The van der Waals surface area contributed by atoms with Crippen molar-refractivity contribution in [3.05, 3.63) is 82.8 Å². The summed E-state index contributed by atoms with van der Waals surface area (Å²) in [5, 5.41) is 6.99. The number of hydrogen-bond donors (Lipinski definition) is 1. The van der Waals surface area contributed by atoms with Crippen molar-refractivity contribution in [1.29, 1.82) is 0 Å². The number of aromatic nitrogens is 1. The Morgan fingerprint density at radius 2 is 2.00 bits per heavy atom. The standard InChI is InChI=1S/C28H31N3O5/c1-19-23(20(2)36-30-19)18-35-25-13-11-21(16-26(25)34-3)12-14-27(32)29-24(22-8-5-4-6-9-22)17-31-15-7-10-28(31)33/h4-6,8-9,11-14,16,24H,7,10,15,17-18H2,1-3H3,(H,29,32). The molecule has 2 amide bonds. The number of hydrogen-bond acceptors (Lipinski definition) is 6. The summed E-state index contributed by atoms with van der Waals surface area (Å²) in [6.45, 7) is 5.21. The van der Waals surface area contributed by atoms with E-state index in [-0.39, 0.29) is 17.9 Å². The van der Waals surface area contributed by atoms with Crippen LogP contribution in [0.5, 0.6) is 11.5 Å². The average Bonchev–Trinajstić information content (AvgIpc) is 3.45. The second-order valence-corrected chi connectivity index (χ2v) is 8.75. The van der Waals surface area contributed by atoms with Crippen molar-refractivity contribution in [2.45, 2.75) is 39.3 Å². The molecule has 2 heterocycles. The molecule has 0 spiro atoms. The molecule has 1 saturated heterocycles. The van der Waals surface area contributed by atoms with E-state index in [0.29, 0.717) is 31.1 Å². The second-order valence-electron chi connectivity index (χ2n) is 8.75. The van der Waals surface area contributed by atoms with Gasteiger partial charge < -0.3 is 24.2 Å². The smallest absolute Gasteiger partial charge is 0.244 e. The van der Waals surface area contributed by atoms with Crippen LogP contribution in [0.2, 0.25) is 0 Å². The van der Waals surface area contributed by atoms with Gasteiger partial charge in [-0.15, -0.1) is 0 Å². The highest BCUT2D eigenvalue weighted by Gasteiger charge is 2.25. The van der Waals surface area contributed by atoms with E-state index in [1.165, 1.54) is 6.08 Å². The first kappa shape index (κ1) is 25.0. The molecule has 8 heteroatoms. The number of benzene rings is 2. The van der Waals surface area contributed by atoms with E-state index in [9.17, 15) is 9.59 Å². The van der Waals surface area contributed by atoms with E-state index in [1.54, 1.807) is 19.3 Å². The van der Waals surface area contributed by atoms with Gasteiger partial charge in [0.25, 0.3) is 0 Å². The SMILES string of the molecule is COc1cc(C=CC(=O)NC(CN2CCCC2=O)c2ccccc2)ccc1OCc1c(C)noc1C. The Bertz CT molecular complexity index is 1220. The molecule has 8 nitrogen and oxygen atoms in total. The molecule has 1 aliphatic rings. The van der Waals surface area contributed by atoms with E-state index in [1.807, 2.05) is 61.2 Å². The van der Waals surface area contributed by atoms with Crippen LogP contribution in [-0.2, 0) is 16.2 Å². The van der Waals surface area contributed by atoms with Crippen molar-refractivity contribution in [3.63, 3.8) is 0 Å². The Kier molecular flexibility index (Phi) is 8.05. The van der Waals surface area contributed by atoms with E-state index in [2.05, 4.69) is 10.5 Å². The minimum absolute atomic E-state index is 0.129. The monoisotopic (exact) mass is 489 g/mol. The van der Waals surface area contributed by atoms with Gasteiger partial charge in [0.15, 0.2) is 11.5 Å². The van der Waals surface area contributed by atoms with Gasteiger partial charge in [-0.2, -0.15) is 0 Å². The number of rotatable bonds is 10. The number of aryl methyl sites for hydroxylation is 2. The van der Waals surface area contributed by atoms with Crippen LogP contribution in [0.3, 0.4) is 0 Å². The lowest BCUT2D eigenvalue weighted by Crippen LogP contribution is -2.38. The third-order valence-corrected chi connectivity index (χ3v) is 6.26. The number of nitrogens with zero attached hydrogens (tertiary/aromatic N) is 2. The quantitative estimate of drug-likeness (QED) is 0.425. The molecule has 4 rings (SSSR count). The molecule has 1 aromatic heterocycles. The molecule has 1 fully saturated rings. The highest BCUT2D eigenvalue weighted by atomic mass is 16.5. The van der Waals surface area contributed by atoms with Crippen LogP contribution < -0.4 is 14.8 Å². The van der Waals surface area contributed by atoms with Crippen LogP contribution >= 0.6 is 0 Å². The van der Waals surface area contributed by atoms with Gasteiger partial charge in [-0.3, -0.25) is 9.59 Å². The molecule has 0 bridgehead atoms. The number of likely N-dealkylation sites (tertiary alicyclic amines) is 1.